The van der Waals surface area contributed by atoms with E-state index in [2.05, 4.69) is 15.6 Å². The summed E-state index contributed by atoms with van der Waals surface area (Å²) >= 11 is 0. The average Bonchev–Trinajstić information content (AvgIpc) is 3.14. The smallest absolute Gasteiger partial charge is 0.230 e. The molecule has 1 fully saturated rings. The summed E-state index contributed by atoms with van der Waals surface area (Å²) in [6, 6.07) is 5.58. The van der Waals surface area contributed by atoms with E-state index in [4.69, 9.17) is 9.47 Å². The fourth-order valence-electron chi connectivity index (χ4n) is 3.48. The Labute approximate surface area is 178 Å². The van der Waals surface area contributed by atoms with Crippen molar-refractivity contribution in [1.82, 2.24) is 10.2 Å². The molecule has 0 heterocycles. The van der Waals surface area contributed by atoms with Crippen molar-refractivity contribution in [3.05, 3.63) is 18.2 Å². The van der Waals surface area contributed by atoms with Crippen LogP contribution in [-0.2, 0) is 4.79 Å². The number of guanidine groups is 1. The number of rotatable bonds is 6. The normalized spacial score (nSPS) is 15.5. The first kappa shape index (κ1) is 23.3. The summed E-state index contributed by atoms with van der Waals surface area (Å²) in [5, 5.41) is 6.56. The molecule has 2 rings (SSSR count). The van der Waals surface area contributed by atoms with Gasteiger partial charge in [-0.05, 0) is 25.0 Å². The lowest BCUT2D eigenvalue weighted by molar-refractivity contribution is -0.138. The number of halogens is 1. The molecule has 1 aromatic carbocycles. The Bertz CT molecular complexity index is 658. The second-order valence-corrected chi connectivity index (χ2v) is 6.81. The van der Waals surface area contributed by atoms with Crippen molar-refractivity contribution >= 4 is 41.5 Å². The van der Waals surface area contributed by atoms with Crippen molar-refractivity contribution < 1.29 is 14.3 Å². The molecule has 1 saturated carbocycles. The van der Waals surface area contributed by atoms with Gasteiger partial charge in [0.05, 0.1) is 19.6 Å². The third-order valence-electron chi connectivity index (χ3n) is 4.88. The zero-order chi connectivity index (χ0) is 19.2. The Hall–Kier alpha value is -1.71. The molecule has 0 spiro atoms. The number of methoxy groups -OCH3 is 2. The van der Waals surface area contributed by atoms with Crippen LogP contribution in [0.2, 0.25) is 0 Å². The van der Waals surface area contributed by atoms with Gasteiger partial charge in [-0.1, -0.05) is 12.8 Å². The predicted molar refractivity (Wildman–Crippen MR) is 120 cm³/mol. The van der Waals surface area contributed by atoms with E-state index < -0.39 is 0 Å². The number of nitrogens with one attached hydrogen (secondary N) is 2. The highest BCUT2D eigenvalue weighted by Gasteiger charge is 2.42. The van der Waals surface area contributed by atoms with Crippen LogP contribution in [0, 0.1) is 5.41 Å². The summed E-state index contributed by atoms with van der Waals surface area (Å²) in [6.45, 7) is 0.566. The van der Waals surface area contributed by atoms with Crippen molar-refractivity contribution in [3.63, 3.8) is 0 Å². The van der Waals surface area contributed by atoms with Gasteiger partial charge in [-0.3, -0.25) is 9.79 Å². The van der Waals surface area contributed by atoms with Crippen molar-refractivity contribution in [1.29, 1.82) is 0 Å². The summed E-state index contributed by atoms with van der Waals surface area (Å²) < 4.78 is 10.6. The van der Waals surface area contributed by atoms with Gasteiger partial charge in [-0.15, -0.1) is 24.0 Å². The zero-order valence-corrected chi connectivity index (χ0v) is 19.1. The number of hydrogen-bond donors (Lipinski definition) is 2. The van der Waals surface area contributed by atoms with Gasteiger partial charge in [0.15, 0.2) is 17.5 Å². The van der Waals surface area contributed by atoms with E-state index in [1.165, 1.54) is 0 Å². The van der Waals surface area contributed by atoms with E-state index in [1.807, 2.05) is 32.3 Å². The van der Waals surface area contributed by atoms with Crippen LogP contribution < -0.4 is 20.1 Å². The SMILES string of the molecule is CN=C(NCC1(C(=O)N(C)C)CCCC1)Nc1ccc(OC)c(OC)c1.I. The van der Waals surface area contributed by atoms with E-state index in [0.29, 0.717) is 24.0 Å². The van der Waals surface area contributed by atoms with E-state index in [1.54, 1.807) is 26.2 Å². The summed E-state index contributed by atoms with van der Waals surface area (Å²) in [6.07, 6.45) is 3.99. The van der Waals surface area contributed by atoms with E-state index >= 15 is 0 Å². The molecule has 0 saturated heterocycles. The molecule has 1 amide bonds. The maximum atomic E-state index is 12.7. The Morgan fingerprint density at radius 3 is 2.33 bits per heavy atom. The third-order valence-corrected chi connectivity index (χ3v) is 4.88. The molecule has 0 aliphatic heterocycles. The Balaban J connectivity index is 0.00000364. The molecule has 2 N–H and O–H groups in total. The first-order valence-corrected chi connectivity index (χ1v) is 8.87. The van der Waals surface area contributed by atoms with Crippen LogP contribution in [0.25, 0.3) is 0 Å². The lowest BCUT2D eigenvalue weighted by Gasteiger charge is -2.31. The molecule has 27 heavy (non-hydrogen) atoms. The molecule has 0 radical (unpaired) electrons. The third kappa shape index (κ3) is 5.63. The first-order valence-electron chi connectivity index (χ1n) is 8.87. The summed E-state index contributed by atoms with van der Waals surface area (Å²) in [4.78, 5) is 18.6. The first-order chi connectivity index (χ1) is 12.5. The number of amides is 1. The van der Waals surface area contributed by atoms with E-state index in [-0.39, 0.29) is 35.3 Å². The minimum Gasteiger partial charge on any atom is -0.493 e. The zero-order valence-electron chi connectivity index (χ0n) is 16.8. The Kier molecular flexibility index (Phi) is 9.14. The molecule has 7 nitrogen and oxygen atoms in total. The van der Waals surface area contributed by atoms with Gasteiger partial charge in [0.2, 0.25) is 5.91 Å². The maximum absolute atomic E-state index is 12.7. The van der Waals surface area contributed by atoms with Gasteiger partial charge in [0.25, 0.3) is 0 Å². The number of carbonyl (C=O) groups is 1. The van der Waals surface area contributed by atoms with Crippen LogP contribution >= 0.6 is 24.0 Å². The van der Waals surface area contributed by atoms with Gasteiger partial charge < -0.3 is 25.0 Å². The average molecular weight is 490 g/mol. The molecule has 1 aromatic rings. The van der Waals surface area contributed by atoms with E-state index in [0.717, 1.165) is 31.4 Å². The van der Waals surface area contributed by atoms with Crippen LogP contribution in [0.15, 0.2) is 23.2 Å². The van der Waals surface area contributed by atoms with E-state index in [9.17, 15) is 4.79 Å². The number of benzene rings is 1. The van der Waals surface area contributed by atoms with Crippen molar-refractivity contribution in [3.8, 4) is 11.5 Å². The van der Waals surface area contributed by atoms with Crippen molar-refractivity contribution in [2.75, 3.05) is 47.2 Å². The number of carbonyl (C=O) groups excluding carboxylic acids is 1. The van der Waals surface area contributed by atoms with Gasteiger partial charge in [-0.2, -0.15) is 0 Å². The molecule has 1 aliphatic carbocycles. The van der Waals surface area contributed by atoms with Gasteiger partial charge >= 0.3 is 0 Å². The van der Waals surface area contributed by atoms with Gasteiger partial charge in [0.1, 0.15) is 0 Å². The molecule has 0 unspecified atom stereocenters. The van der Waals surface area contributed by atoms with Gasteiger partial charge in [0, 0.05) is 39.4 Å². The number of aliphatic imine (C=N–C) groups is 1. The fourth-order valence-corrected chi connectivity index (χ4v) is 3.48. The van der Waals surface area contributed by atoms with Gasteiger partial charge in [-0.25, -0.2) is 0 Å². The summed E-state index contributed by atoms with van der Waals surface area (Å²) in [5.74, 6) is 2.12. The summed E-state index contributed by atoms with van der Waals surface area (Å²) in [5.41, 5.74) is 0.480. The van der Waals surface area contributed by atoms with Crippen LogP contribution in [0.1, 0.15) is 25.7 Å². The van der Waals surface area contributed by atoms with Crippen molar-refractivity contribution in [2.45, 2.75) is 25.7 Å². The predicted octanol–water partition coefficient (Wildman–Crippen LogP) is 2.96. The van der Waals surface area contributed by atoms with Crippen LogP contribution in [0.4, 0.5) is 5.69 Å². The molecule has 152 valence electrons. The fraction of sp³-hybridized carbons (Fsp3) is 0.579. The molecule has 0 atom stereocenters. The number of hydrogen-bond acceptors (Lipinski definition) is 4. The highest BCUT2D eigenvalue weighted by molar-refractivity contribution is 14.0. The van der Waals surface area contributed by atoms with Crippen LogP contribution in [0.5, 0.6) is 11.5 Å². The molecular formula is C19H31IN4O3. The monoisotopic (exact) mass is 490 g/mol. The number of nitrogens with zero attached hydrogens (tertiary/aromatic N) is 2. The number of ether oxygens (including phenoxy) is 2. The lowest BCUT2D eigenvalue weighted by atomic mass is 9.84. The van der Waals surface area contributed by atoms with Crippen LogP contribution in [0.3, 0.4) is 0 Å². The highest BCUT2D eigenvalue weighted by Crippen LogP contribution is 2.39. The molecule has 1 aliphatic rings. The topological polar surface area (TPSA) is 75.2 Å². The Morgan fingerprint density at radius 1 is 1.19 bits per heavy atom. The minimum atomic E-state index is -0.348. The lowest BCUT2D eigenvalue weighted by Crippen LogP contribution is -2.47. The van der Waals surface area contributed by atoms with Crippen LogP contribution in [-0.4, -0.2) is 58.7 Å². The largest absolute Gasteiger partial charge is 0.493 e. The quantitative estimate of drug-likeness (QED) is 0.365. The second kappa shape index (κ2) is 10.6. The summed E-state index contributed by atoms with van der Waals surface area (Å²) in [7, 11) is 8.56. The second-order valence-electron chi connectivity index (χ2n) is 6.81. The molecule has 8 heteroatoms. The molecule has 0 bridgehead atoms. The van der Waals surface area contributed by atoms with Crippen molar-refractivity contribution in [2.24, 2.45) is 10.4 Å². The Morgan fingerprint density at radius 2 is 1.81 bits per heavy atom. The number of anilines is 1. The minimum absolute atomic E-state index is 0. The molecule has 0 aromatic heterocycles. The standard InChI is InChI=1S/C19H30N4O3.HI/c1-20-18(22-14-8-9-15(25-4)16(12-14)26-5)21-13-19(10-6-7-11-19)17(24)23(2)3;/h8-9,12H,6-7,10-11,13H2,1-5H3,(H2,20,21,22);1H. The maximum Gasteiger partial charge on any atom is 0.230 e. The molecular weight excluding hydrogens is 459 g/mol. The highest BCUT2D eigenvalue weighted by atomic mass is 127.